The number of thiophene rings is 1. The molecule has 116 valence electrons. The lowest BCUT2D eigenvalue weighted by Crippen LogP contribution is -2.37. The molecule has 3 heteroatoms. The molecule has 1 heterocycles. The minimum Gasteiger partial charge on any atom is -0.316 e. The number of nitrogens with one attached hydrogen (secondary N) is 1. The lowest BCUT2D eigenvalue weighted by Gasteiger charge is -2.33. The van der Waals surface area contributed by atoms with E-state index in [0.717, 1.165) is 19.0 Å². The van der Waals surface area contributed by atoms with E-state index < -0.39 is 0 Å². The third-order valence-corrected chi connectivity index (χ3v) is 6.02. The van der Waals surface area contributed by atoms with Crippen molar-refractivity contribution < 1.29 is 0 Å². The molecule has 0 aliphatic heterocycles. The van der Waals surface area contributed by atoms with E-state index in [1.54, 1.807) is 0 Å². The van der Waals surface area contributed by atoms with E-state index in [0.29, 0.717) is 5.41 Å². The first kappa shape index (κ1) is 18.2. The maximum absolute atomic E-state index is 3.71. The summed E-state index contributed by atoms with van der Waals surface area (Å²) >= 11 is 5.59. The van der Waals surface area contributed by atoms with Gasteiger partial charge < -0.3 is 5.32 Å². The van der Waals surface area contributed by atoms with Gasteiger partial charge in [-0.15, -0.1) is 11.3 Å². The second-order valence-electron chi connectivity index (χ2n) is 6.35. The summed E-state index contributed by atoms with van der Waals surface area (Å²) in [5.74, 6) is 0.726. The minimum absolute atomic E-state index is 0.415. The van der Waals surface area contributed by atoms with Crippen molar-refractivity contribution in [1.29, 1.82) is 0 Å². The summed E-state index contributed by atoms with van der Waals surface area (Å²) in [4.78, 5) is 1.51. The molecule has 1 N–H and O–H groups in total. The van der Waals surface area contributed by atoms with Crippen LogP contribution >= 0.6 is 27.3 Å². The van der Waals surface area contributed by atoms with Crippen LogP contribution in [0.5, 0.6) is 0 Å². The molecule has 0 saturated carbocycles. The molecule has 0 radical (unpaired) electrons. The number of rotatable bonds is 10. The van der Waals surface area contributed by atoms with Gasteiger partial charge in [0.05, 0.1) is 0 Å². The lowest BCUT2D eigenvalue weighted by atomic mass is 9.76. The molecule has 1 aromatic rings. The first-order chi connectivity index (χ1) is 9.53. The molecular weight excluding hydrogens is 330 g/mol. The summed E-state index contributed by atoms with van der Waals surface area (Å²) < 4.78 is 1.29. The maximum Gasteiger partial charge on any atom is 0.0314 e. The van der Waals surface area contributed by atoms with Crippen LogP contribution in [-0.2, 0) is 6.42 Å². The first-order valence-electron chi connectivity index (χ1n) is 7.95. The zero-order valence-electron chi connectivity index (χ0n) is 13.5. The molecule has 1 rings (SSSR count). The SMILES string of the molecule is CCCCC(CC)(CNCC(C)C)Cc1sccc1Br. The second kappa shape index (κ2) is 9.22. The van der Waals surface area contributed by atoms with Crippen LogP contribution in [0.4, 0.5) is 0 Å². The predicted molar refractivity (Wildman–Crippen MR) is 95.7 cm³/mol. The van der Waals surface area contributed by atoms with Gasteiger partial charge >= 0.3 is 0 Å². The van der Waals surface area contributed by atoms with E-state index in [1.807, 2.05) is 11.3 Å². The summed E-state index contributed by atoms with van der Waals surface area (Å²) in [7, 11) is 0. The Morgan fingerprint density at radius 1 is 1.35 bits per heavy atom. The Labute approximate surface area is 137 Å². The number of halogens is 1. The number of hydrogen-bond donors (Lipinski definition) is 1. The Balaban J connectivity index is 2.73. The van der Waals surface area contributed by atoms with Crippen LogP contribution in [0.3, 0.4) is 0 Å². The monoisotopic (exact) mass is 359 g/mol. The maximum atomic E-state index is 3.71. The molecule has 0 amide bonds. The van der Waals surface area contributed by atoms with E-state index in [9.17, 15) is 0 Å². The third-order valence-electron chi connectivity index (χ3n) is 4.09. The van der Waals surface area contributed by atoms with E-state index in [2.05, 4.69) is 60.4 Å². The largest absolute Gasteiger partial charge is 0.316 e. The van der Waals surface area contributed by atoms with Gasteiger partial charge in [0.1, 0.15) is 0 Å². The van der Waals surface area contributed by atoms with Crippen molar-refractivity contribution in [2.24, 2.45) is 11.3 Å². The van der Waals surface area contributed by atoms with Gasteiger partial charge in [-0.1, -0.05) is 40.5 Å². The van der Waals surface area contributed by atoms with Gasteiger partial charge in [0, 0.05) is 15.9 Å². The highest BCUT2D eigenvalue weighted by atomic mass is 79.9. The predicted octanol–water partition coefficient (Wildman–Crippen LogP) is 5.89. The van der Waals surface area contributed by atoms with Crippen LogP contribution in [-0.4, -0.2) is 13.1 Å². The molecular formula is C17H30BrNS. The van der Waals surface area contributed by atoms with Crippen molar-refractivity contribution in [2.75, 3.05) is 13.1 Å². The van der Waals surface area contributed by atoms with Crippen molar-refractivity contribution >= 4 is 27.3 Å². The standard InChI is InChI=1S/C17H30BrNS/c1-5-7-9-17(6-2,13-19-12-14(3)4)11-16-15(18)8-10-20-16/h8,10,14,19H,5-7,9,11-13H2,1-4H3. The third kappa shape index (κ3) is 5.87. The van der Waals surface area contributed by atoms with Crippen LogP contribution < -0.4 is 5.32 Å². The Morgan fingerprint density at radius 3 is 2.60 bits per heavy atom. The lowest BCUT2D eigenvalue weighted by molar-refractivity contribution is 0.227. The minimum atomic E-state index is 0.415. The van der Waals surface area contributed by atoms with Crippen molar-refractivity contribution in [3.8, 4) is 0 Å². The zero-order chi connectivity index (χ0) is 15.0. The van der Waals surface area contributed by atoms with Crippen LogP contribution in [0.15, 0.2) is 15.9 Å². The highest BCUT2D eigenvalue weighted by Gasteiger charge is 2.28. The molecule has 0 bridgehead atoms. The molecule has 1 atom stereocenters. The van der Waals surface area contributed by atoms with Crippen molar-refractivity contribution in [2.45, 2.75) is 59.8 Å². The fourth-order valence-corrected chi connectivity index (χ4v) is 4.30. The molecule has 1 aromatic heterocycles. The molecule has 1 nitrogen and oxygen atoms in total. The van der Waals surface area contributed by atoms with Gasteiger partial charge in [-0.05, 0) is 64.5 Å². The Morgan fingerprint density at radius 2 is 2.10 bits per heavy atom. The van der Waals surface area contributed by atoms with Crippen LogP contribution in [0, 0.1) is 11.3 Å². The topological polar surface area (TPSA) is 12.0 Å². The second-order valence-corrected chi connectivity index (χ2v) is 8.21. The Kier molecular flexibility index (Phi) is 8.38. The summed E-state index contributed by atoms with van der Waals surface area (Å²) in [6.07, 6.45) is 6.41. The van der Waals surface area contributed by atoms with Crippen LogP contribution in [0.25, 0.3) is 0 Å². The van der Waals surface area contributed by atoms with Gasteiger partial charge in [-0.2, -0.15) is 0 Å². The van der Waals surface area contributed by atoms with E-state index in [1.165, 1.54) is 41.5 Å². The van der Waals surface area contributed by atoms with Gasteiger partial charge in [-0.25, -0.2) is 0 Å². The Hall–Kier alpha value is 0.140. The highest BCUT2D eigenvalue weighted by molar-refractivity contribution is 9.10. The van der Waals surface area contributed by atoms with Gasteiger partial charge in [0.15, 0.2) is 0 Å². The molecule has 0 saturated heterocycles. The molecule has 1 unspecified atom stereocenters. The average molecular weight is 360 g/mol. The first-order valence-corrected chi connectivity index (χ1v) is 9.63. The van der Waals surface area contributed by atoms with Gasteiger partial charge in [-0.3, -0.25) is 0 Å². The number of unbranched alkanes of at least 4 members (excludes halogenated alkanes) is 1. The molecule has 0 aliphatic rings. The zero-order valence-corrected chi connectivity index (χ0v) is 15.9. The number of hydrogen-bond acceptors (Lipinski definition) is 2. The fraction of sp³-hybridized carbons (Fsp3) is 0.765. The summed E-state index contributed by atoms with van der Waals surface area (Å²) in [5.41, 5.74) is 0.415. The van der Waals surface area contributed by atoms with Gasteiger partial charge in [0.2, 0.25) is 0 Å². The summed E-state index contributed by atoms with van der Waals surface area (Å²) in [6.45, 7) is 11.5. The highest BCUT2D eigenvalue weighted by Crippen LogP contribution is 2.36. The van der Waals surface area contributed by atoms with Crippen molar-refractivity contribution in [3.63, 3.8) is 0 Å². The van der Waals surface area contributed by atoms with E-state index in [4.69, 9.17) is 0 Å². The van der Waals surface area contributed by atoms with Crippen molar-refractivity contribution in [1.82, 2.24) is 5.32 Å². The summed E-state index contributed by atoms with van der Waals surface area (Å²) in [5, 5.41) is 5.90. The fourth-order valence-electron chi connectivity index (χ4n) is 2.64. The smallest absolute Gasteiger partial charge is 0.0314 e. The molecule has 0 fully saturated rings. The average Bonchev–Trinajstić information content (AvgIpc) is 2.81. The molecule has 20 heavy (non-hydrogen) atoms. The molecule has 0 aliphatic carbocycles. The Bertz CT molecular complexity index is 375. The van der Waals surface area contributed by atoms with Crippen LogP contribution in [0.2, 0.25) is 0 Å². The summed E-state index contributed by atoms with van der Waals surface area (Å²) in [6, 6.07) is 2.18. The molecule has 0 spiro atoms. The quantitative estimate of drug-likeness (QED) is 0.549. The van der Waals surface area contributed by atoms with E-state index >= 15 is 0 Å². The molecule has 0 aromatic carbocycles. The normalized spacial score (nSPS) is 14.7. The van der Waals surface area contributed by atoms with Crippen molar-refractivity contribution in [3.05, 3.63) is 20.8 Å². The van der Waals surface area contributed by atoms with Gasteiger partial charge in [0.25, 0.3) is 0 Å². The van der Waals surface area contributed by atoms with Crippen LogP contribution in [0.1, 0.15) is 58.3 Å². The van der Waals surface area contributed by atoms with E-state index in [-0.39, 0.29) is 0 Å².